The first-order valence-electron chi connectivity index (χ1n) is 7.98. The van der Waals surface area contributed by atoms with E-state index in [0.717, 1.165) is 24.1 Å². The van der Waals surface area contributed by atoms with Gasteiger partial charge in [-0.2, -0.15) is 0 Å². The first-order chi connectivity index (χ1) is 11.4. The molecule has 0 fully saturated rings. The molecule has 0 saturated heterocycles. The second-order valence-corrected chi connectivity index (χ2v) is 7.02. The number of nitrogens with zero attached hydrogens (tertiary/aromatic N) is 1. The van der Waals surface area contributed by atoms with Gasteiger partial charge in [0.25, 0.3) is 0 Å². The summed E-state index contributed by atoms with van der Waals surface area (Å²) in [6, 6.07) is 19.3. The van der Waals surface area contributed by atoms with Crippen molar-refractivity contribution >= 4 is 45.2 Å². The Hall–Kier alpha value is -2.45. The standard InChI is InChI=1S/C21H15NS/c1-6-12-19-14(7-1)13-20(23-19)21-17-10-3-2-8-15(17)16-9-4-5-11-18(16)22-21/h2-5,7-13H,1,6H2. The van der Waals surface area contributed by atoms with Crippen LogP contribution in [0.4, 0.5) is 0 Å². The molecule has 1 aliphatic carbocycles. The molecule has 2 heteroatoms. The van der Waals surface area contributed by atoms with Gasteiger partial charge in [0.2, 0.25) is 0 Å². The maximum atomic E-state index is 5.00. The number of rotatable bonds is 1. The van der Waals surface area contributed by atoms with Gasteiger partial charge >= 0.3 is 0 Å². The molecule has 2 aromatic heterocycles. The van der Waals surface area contributed by atoms with Gasteiger partial charge in [-0.1, -0.05) is 54.6 Å². The van der Waals surface area contributed by atoms with E-state index in [-0.39, 0.29) is 0 Å². The average molecular weight is 313 g/mol. The van der Waals surface area contributed by atoms with Crippen LogP contribution in [-0.2, 0) is 0 Å². The minimum Gasteiger partial charge on any atom is -0.246 e. The molecule has 0 amide bonds. The van der Waals surface area contributed by atoms with Gasteiger partial charge in [0, 0.05) is 15.3 Å². The van der Waals surface area contributed by atoms with E-state index in [2.05, 4.69) is 66.7 Å². The van der Waals surface area contributed by atoms with Crippen LogP contribution in [0.5, 0.6) is 0 Å². The fourth-order valence-corrected chi connectivity index (χ4v) is 4.54. The summed E-state index contributed by atoms with van der Waals surface area (Å²) in [5.41, 5.74) is 2.18. The second-order valence-electron chi connectivity index (χ2n) is 5.94. The van der Waals surface area contributed by atoms with Crippen molar-refractivity contribution in [2.24, 2.45) is 0 Å². The zero-order chi connectivity index (χ0) is 15.2. The molecule has 23 heavy (non-hydrogen) atoms. The van der Waals surface area contributed by atoms with Gasteiger partial charge in [0.15, 0.2) is 0 Å². The number of fused-ring (bicyclic) bond motifs is 4. The van der Waals surface area contributed by atoms with E-state index in [1.807, 2.05) is 11.3 Å². The van der Waals surface area contributed by atoms with E-state index in [0.29, 0.717) is 0 Å². The van der Waals surface area contributed by atoms with Crippen LogP contribution in [0.25, 0.3) is 44.4 Å². The van der Waals surface area contributed by atoms with E-state index in [4.69, 9.17) is 4.98 Å². The monoisotopic (exact) mass is 313 g/mol. The normalized spacial score (nSPS) is 13.6. The van der Waals surface area contributed by atoms with Gasteiger partial charge in [-0.3, -0.25) is 0 Å². The molecule has 0 aliphatic heterocycles. The Morgan fingerprint density at radius 2 is 1.52 bits per heavy atom. The van der Waals surface area contributed by atoms with Crippen molar-refractivity contribution in [1.82, 2.24) is 4.98 Å². The second kappa shape index (κ2) is 5.04. The maximum Gasteiger partial charge on any atom is 0.0888 e. The van der Waals surface area contributed by atoms with Crippen LogP contribution in [0.15, 0.2) is 54.6 Å². The Morgan fingerprint density at radius 1 is 0.783 bits per heavy atom. The Kier molecular flexibility index (Phi) is 2.85. The summed E-state index contributed by atoms with van der Waals surface area (Å²) in [4.78, 5) is 6.27. The lowest BCUT2D eigenvalue weighted by Crippen LogP contribution is -2.19. The van der Waals surface area contributed by atoms with E-state index in [1.165, 1.54) is 30.8 Å². The smallest absolute Gasteiger partial charge is 0.0888 e. The Balaban J connectivity index is 1.92. The highest BCUT2D eigenvalue weighted by atomic mass is 32.1. The molecule has 0 spiro atoms. The predicted octanol–water partition coefficient (Wildman–Crippen LogP) is 4.47. The van der Waals surface area contributed by atoms with E-state index in [9.17, 15) is 0 Å². The highest BCUT2D eigenvalue weighted by Crippen LogP contribution is 2.32. The molecule has 1 nitrogen and oxygen atoms in total. The zero-order valence-electron chi connectivity index (χ0n) is 12.6. The highest BCUT2D eigenvalue weighted by molar-refractivity contribution is 7.13. The Bertz CT molecular complexity index is 1130. The number of para-hydroxylation sites is 1. The Labute approximate surface area is 138 Å². The topological polar surface area (TPSA) is 12.9 Å². The summed E-state index contributed by atoms with van der Waals surface area (Å²) in [5, 5.41) is 5.12. The molecule has 0 N–H and O–H groups in total. The Morgan fingerprint density at radius 3 is 2.39 bits per heavy atom. The number of hydrogen-bond donors (Lipinski definition) is 0. The van der Waals surface area contributed by atoms with Crippen molar-refractivity contribution < 1.29 is 0 Å². The molecule has 5 rings (SSSR count). The molecule has 2 heterocycles. The van der Waals surface area contributed by atoms with Gasteiger partial charge in [-0.25, -0.2) is 4.98 Å². The summed E-state index contributed by atoms with van der Waals surface area (Å²) in [6.07, 6.45) is 7.00. The number of benzene rings is 2. The summed E-state index contributed by atoms with van der Waals surface area (Å²) in [5.74, 6) is 0. The zero-order valence-corrected chi connectivity index (χ0v) is 13.4. The van der Waals surface area contributed by atoms with E-state index < -0.39 is 0 Å². The number of aromatic nitrogens is 1. The minimum atomic E-state index is 1.07. The quantitative estimate of drug-likeness (QED) is 0.472. The predicted molar refractivity (Wildman–Crippen MR) is 100.0 cm³/mol. The minimum absolute atomic E-state index is 1.07. The average Bonchev–Trinajstić information content (AvgIpc) is 3.05. The number of thiophene rings is 1. The van der Waals surface area contributed by atoms with Gasteiger partial charge < -0.3 is 0 Å². The molecule has 2 aromatic carbocycles. The molecule has 0 radical (unpaired) electrons. The van der Waals surface area contributed by atoms with Crippen molar-refractivity contribution in [1.29, 1.82) is 0 Å². The van der Waals surface area contributed by atoms with Gasteiger partial charge in [0.1, 0.15) is 0 Å². The lowest BCUT2D eigenvalue weighted by atomic mass is 10.0. The van der Waals surface area contributed by atoms with Crippen LogP contribution in [0.3, 0.4) is 0 Å². The molecule has 110 valence electrons. The van der Waals surface area contributed by atoms with Crippen molar-refractivity contribution in [2.75, 3.05) is 0 Å². The van der Waals surface area contributed by atoms with Crippen LogP contribution in [0, 0.1) is 0 Å². The first-order valence-corrected chi connectivity index (χ1v) is 8.80. The third-order valence-electron chi connectivity index (χ3n) is 4.49. The van der Waals surface area contributed by atoms with Crippen LogP contribution in [0.1, 0.15) is 12.8 Å². The molecular formula is C21H15NS. The van der Waals surface area contributed by atoms with Crippen molar-refractivity contribution in [3.05, 3.63) is 64.3 Å². The van der Waals surface area contributed by atoms with Crippen molar-refractivity contribution in [2.45, 2.75) is 12.8 Å². The molecule has 0 atom stereocenters. The molecule has 1 aliphatic rings. The molecule has 0 unspecified atom stereocenters. The molecular weight excluding hydrogens is 298 g/mol. The lowest BCUT2D eigenvalue weighted by molar-refractivity contribution is 1.13. The number of hydrogen-bond acceptors (Lipinski definition) is 2. The van der Waals surface area contributed by atoms with E-state index >= 15 is 0 Å². The van der Waals surface area contributed by atoms with Crippen LogP contribution in [-0.4, -0.2) is 4.98 Å². The third-order valence-corrected chi connectivity index (χ3v) is 5.65. The lowest BCUT2D eigenvalue weighted by Gasteiger charge is -2.08. The fourth-order valence-electron chi connectivity index (χ4n) is 3.40. The SMILES string of the molecule is C1=c2cc(-c3nc4ccccc4c4ccccc34)sc2=CCC1. The third kappa shape index (κ3) is 2.02. The van der Waals surface area contributed by atoms with Crippen molar-refractivity contribution in [3.8, 4) is 10.6 Å². The summed E-state index contributed by atoms with van der Waals surface area (Å²) in [6.45, 7) is 0. The maximum absolute atomic E-state index is 5.00. The molecule has 0 bridgehead atoms. The summed E-state index contributed by atoms with van der Waals surface area (Å²) in [7, 11) is 0. The van der Waals surface area contributed by atoms with Gasteiger partial charge in [0.05, 0.1) is 16.1 Å². The highest BCUT2D eigenvalue weighted by Gasteiger charge is 2.12. The largest absolute Gasteiger partial charge is 0.246 e. The fraction of sp³-hybridized carbons (Fsp3) is 0.0952. The summed E-state index contributed by atoms with van der Waals surface area (Å²) < 4.78 is 1.39. The van der Waals surface area contributed by atoms with Crippen molar-refractivity contribution in [3.63, 3.8) is 0 Å². The van der Waals surface area contributed by atoms with E-state index in [1.54, 1.807) is 0 Å². The van der Waals surface area contributed by atoms with Crippen LogP contribution < -0.4 is 9.75 Å². The van der Waals surface area contributed by atoms with Crippen LogP contribution in [0.2, 0.25) is 0 Å². The first kappa shape index (κ1) is 13.0. The summed E-state index contributed by atoms with van der Waals surface area (Å²) >= 11 is 1.86. The van der Waals surface area contributed by atoms with Gasteiger partial charge in [-0.05, 0) is 35.6 Å². The van der Waals surface area contributed by atoms with Gasteiger partial charge in [-0.15, -0.1) is 11.3 Å². The van der Waals surface area contributed by atoms with Crippen LogP contribution >= 0.6 is 11.3 Å². The molecule has 4 aromatic rings. The number of pyridine rings is 1. The molecule has 0 saturated carbocycles.